The number of rotatable bonds is 0. The summed E-state index contributed by atoms with van der Waals surface area (Å²) >= 11 is -210. The van der Waals surface area contributed by atoms with Crippen molar-refractivity contribution in [3.05, 3.63) is 0 Å². The Morgan fingerprint density at radius 1 is 0.134 bits per heavy atom. The fourth-order valence-corrected chi connectivity index (χ4v) is 1110. The zero-order valence-corrected chi connectivity index (χ0v) is 88.1. The topological polar surface area (TPSA) is 812 Å². The average Bonchev–Trinajstić information content (AvgIpc) is 2.82. The second-order valence-corrected chi connectivity index (χ2v) is 267. The molecule has 20 heterocycles. The van der Waals surface area contributed by atoms with Crippen LogP contribution in [0, 0.1) is 0 Å². The van der Waals surface area contributed by atoms with Gasteiger partial charge in [0.1, 0.15) is 0 Å². The van der Waals surface area contributed by atoms with Gasteiger partial charge in [-0.3, -0.25) is 0 Å². The molecule has 0 radical (unpaired) electrons. The first kappa shape index (κ1) is 63.0. The third-order valence-corrected chi connectivity index (χ3v) is 536. The second kappa shape index (κ2) is 12.2. The summed E-state index contributed by atoms with van der Waals surface area (Å²) in [6.07, 6.45) is 0. The third kappa shape index (κ3) is 7.51. The molecular formula is O62P2W18-6. The molecule has 0 atom stereocenters. The molecule has 0 saturated carbocycles. The van der Waals surface area contributed by atoms with Crippen molar-refractivity contribution < 1.29 is 466 Å². The Bertz CT molecular complexity index is 4230. The maximum atomic E-state index is 16.6. The van der Waals surface area contributed by atoms with Crippen LogP contribution in [0.15, 0.2) is 0 Å². The van der Waals surface area contributed by atoms with Crippen molar-refractivity contribution in [2.24, 2.45) is 0 Å². The van der Waals surface area contributed by atoms with Crippen LogP contribution in [0.3, 0.4) is 0 Å². The predicted molar refractivity (Wildman–Crippen MR) is 66.6 cm³/mol. The van der Waals surface area contributed by atoms with Gasteiger partial charge in [-0.1, -0.05) is 0 Å². The van der Waals surface area contributed by atoms with Crippen molar-refractivity contribution in [3.63, 3.8) is 0 Å². The van der Waals surface area contributed by atoms with Crippen LogP contribution in [0.4, 0.5) is 0 Å². The van der Waals surface area contributed by atoms with Gasteiger partial charge >= 0.3 is 428 Å². The van der Waals surface area contributed by atoms with Crippen molar-refractivity contribution >= 4 is 15.6 Å². The van der Waals surface area contributed by atoms with Gasteiger partial charge < -0.3 is 38.5 Å². The van der Waals surface area contributed by atoms with Crippen LogP contribution in [0.1, 0.15) is 0 Å². The van der Waals surface area contributed by atoms with Gasteiger partial charge in [0.25, 0.3) is 0 Å². The molecular weight excluding hydrogens is 4360 g/mol. The molecule has 62 nitrogen and oxygen atoms in total. The zero-order chi connectivity index (χ0) is 60.5. The second-order valence-electron chi connectivity index (χ2n) is 15.6. The Kier molecular flexibility index (Phi) is 9.41. The van der Waals surface area contributed by atoms with E-state index in [2.05, 4.69) is 0 Å². The van der Waals surface area contributed by atoms with Crippen LogP contribution in [-0.4, -0.2) is 0 Å². The Morgan fingerprint density at radius 3 is 0.183 bits per heavy atom. The molecule has 20 aliphatic rings. The van der Waals surface area contributed by atoms with Crippen molar-refractivity contribution in [2.75, 3.05) is 0 Å². The van der Waals surface area contributed by atoms with Crippen molar-refractivity contribution in [3.8, 4) is 0 Å². The van der Waals surface area contributed by atoms with E-state index in [1.54, 1.807) is 0 Å². The van der Waals surface area contributed by atoms with Gasteiger partial charge in [0.15, 0.2) is 0 Å². The first-order chi connectivity index (χ1) is 34.8. The van der Waals surface area contributed by atoms with Crippen LogP contribution in [0.5, 0.6) is 0 Å². The molecule has 0 aromatic heterocycles. The summed E-state index contributed by atoms with van der Waals surface area (Å²) in [4.78, 5) is 51.3. The van der Waals surface area contributed by atoms with Crippen LogP contribution in [-0.2, 0) is 437 Å². The van der Waals surface area contributed by atoms with Crippen molar-refractivity contribution in [1.29, 1.82) is 0 Å². The van der Waals surface area contributed by atoms with E-state index in [4.69, 9.17) is 112 Å². The van der Waals surface area contributed by atoms with Crippen LogP contribution in [0.25, 0.3) is 0 Å². The molecule has 0 aliphatic carbocycles. The standard InChI is InChI=1S/2H3O4P.54O.18W/c2*1-5(2,3)4;;;;;;;;;;;;;;;;;;;;;;;;;;;;;;;;;;;;;;;;;;;;;;;;;;;;;;;;;;;;;;;;;;;;;;;;/h2*(H3,1,2,3,4);;;;;;;;;;;;;;;;;;;;;;;;;;;;;;;;;;;;;;;;;;;;;;;;;;;;;;;;;;;;;;;;;;;;;;;;/p-6. The molecule has 0 amide bonds. The Labute approximate surface area is 471 Å². The van der Waals surface area contributed by atoms with E-state index >= 15 is 61.2 Å². The van der Waals surface area contributed by atoms with Gasteiger partial charge in [-0.2, -0.15) is 15.6 Å². The summed E-state index contributed by atoms with van der Waals surface area (Å²) in [7, 11) is -10.8. The first-order valence-corrected chi connectivity index (χ1v) is 127. The summed E-state index contributed by atoms with van der Waals surface area (Å²) in [6, 6.07) is 0. The fraction of sp³-hybridized carbons (Fsp3) is 0. The summed E-state index contributed by atoms with van der Waals surface area (Å²) in [5.41, 5.74) is 0. The van der Waals surface area contributed by atoms with Gasteiger partial charge in [-0.15, -0.1) is 0 Å². The fourth-order valence-electron chi connectivity index (χ4n) is 7.76. The molecule has 18 bridgehead atoms. The zero-order valence-electron chi connectivity index (χ0n) is 33.6. The van der Waals surface area contributed by atoms with E-state index in [-0.39, 0.29) is 0 Å². The van der Waals surface area contributed by atoms with Gasteiger partial charge in [0.05, 0.1) is 0 Å². The van der Waals surface area contributed by atoms with Gasteiger partial charge in [0, 0.05) is 0 Å². The minimum absolute atomic E-state index is 4.72. The molecule has 82 heavy (non-hydrogen) atoms. The number of phosphoric acid groups is 2. The molecule has 20 fully saturated rings. The SMILES string of the molecule is O=P([O-])([O-])[O-].O=P([O-])([O-])[O-].[O]=[W]123[O][W]45(=[O])[O][W]6(=[O])([O]1)[O][W]17(=[O])[O][W]8(=[O])([O]6)[O][W]6(=[O])([O]4)[O][W]4(=[O])([O]5)[O][W]5(=[O])([O]2)[O][W](=[O])([O]3)([O]1)[O][W]12(=[O])[O][W]39(=[O])[O][W]%10%11(=[O])[O][W]%12(=[O])([O]3)[O][W](=[O])([O][W](=[O])([O]%12)([O][W](=[O])([O]%10)([O][W](=[O])([O]%11)([O][W](=[O])([O]9)([O]1)[O]5)[O]4)[O]6)[O]8)([O]2)[O]7. The summed E-state index contributed by atoms with van der Waals surface area (Å²) in [5.74, 6) is 0. The van der Waals surface area contributed by atoms with E-state index in [0.29, 0.717) is 0 Å². The first-order valence-electron chi connectivity index (χ1n) is 16.5. The maximum absolute atomic E-state index is 16.6. The van der Waals surface area contributed by atoms with E-state index < -0.39 is 309 Å². The molecule has 0 N–H and O–H groups in total. The Hall–Kier alpha value is 7.57. The average molecular weight is 4360 g/mol. The van der Waals surface area contributed by atoms with E-state index in [1.807, 2.05) is 0 Å². The van der Waals surface area contributed by atoms with E-state index in [0.717, 1.165) is 0 Å². The number of hydrogen-bond donors (Lipinski definition) is 0. The molecule has 0 unspecified atom stereocenters. The predicted octanol–water partition coefficient (Wildman–Crippen LogP) is -10.3. The quantitative estimate of drug-likeness (QED) is 0.203. The molecule has 496 valence electrons. The molecule has 82 heteroatoms. The molecule has 20 aliphatic heterocycles. The third-order valence-electron chi connectivity index (χ3n) is 8.00. The van der Waals surface area contributed by atoms with Crippen molar-refractivity contribution in [2.45, 2.75) is 0 Å². The molecule has 20 saturated heterocycles. The normalized spacial score (nSPS) is 56.3. The molecule has 0 aromatic carbocycles. The minimum atomic E-state index is -11.8. The summed E-state index contributed by atoms with van der Waals surface area (Å²) < 4.78 is 485. The summed E-state index contributed by atoms with van der Waals surface area (Å²) in [5, 5.41) is 0. The van der Waals surface area contributed by atoms with Gasteiger partial charge in [-0.05, 0) is 0 Å². The van der Waals surface area contributed by atoms with Crippen LogP contribution in [0.2, 0.25) is 0 Å². The monoisotopic (exact) mass is 4360 g/mol. The Balaban J connectivity index is 0.000000496. The van der Waals surface area contributed by atoms with Crippen LogP contribution >= 0.6 is 15.6 Å². The molecule has 0 aromatic rings. The van der Waals surface area contributed by atoms with Crippen LogP contribution < -0.4 is 29.4 Å². The van der Waals surface area contributed by atoms with Gasteiger partial charge in [0.2, 0.25) is 0 Å². The molecule has 18 spiro atoms. The summed E-state index contributed by atoms with van der Waals surface area (Å²) in [6.45, 7) is 0. The van der Waals surface area contributed by atoms with E-state index in [1.165, 1.54) is 0 Å². The molecule has 20 rings (SSSR count). The number of hydrogen-bond acceptors (Lipinski definition) is 62. The van der Waals surface area contributed by atoms with Gasteiger partial charge in [-0.25, -0.2) is 0 Å². The van der Waals surface area contributed by atoms with E-state index in [9.17, 15) is 0 Å². The Morgan fingerprint density at radius 2 is 0.159 bits per heavy atom. The van der Waals surface area contributed by atoms with Crippen molar-refractivity contribution in [1.82, 2.24) is 0 Å².